The van der Waals surface area contributed by atoms with Gasteiger partial charge in [-0.3, -0.25) is 0 Å². The molecule has 170 valence electrons. The number of nitrogens with zero attached hydrogens (tertiary/aromatic N) is 1. The molecule has 0 radical (unpaired) electrons. The predicted molar refractivity (Wildman–Crippen MR) is 144 cm³/mol. The maximum absolute atomic E-state index is 2.52. The Kier molecular flexibility index (Phi) is 7.14. The second-order valence-corrected chi connectivity index (χ2v) is 10.3. The van der Waals surface area contributed by atoms with Crippen LogP contribution in [-0.4, -0.2) is 0 Å². The number of benzene rings is 3. The van der Waals surface area contributed by atoms with Crippen molar-refractivity contribution in [1.29, 1.82) is 0 Å². The molecule has 0 unspecified atom stereocenters. The zero-order valence-corrected chi connectivity index (χ0v) is 21.7. The Bertz CT molecular complexity index is 1150. The van der Waals surface area contributed by atoms with E-state index in [0.717, 1.165) is 12.8 Å². The van der Waals surface area contributed by atoms with Crippen LogP contribution in [0.15, 0.2) is 72.2 Å². The van der Waals surface area contributed by atoms with Gasteiger partial charge in [-0.15, -0.1) is 0 Å². The van der Waals surface area contributed by atoms with Crippen LogP contribution >= 0.6 is 11.3 Å². The predicted octanol–water partition coefficient (Wildman–Crippen LogP) is 8.73. The topological polar surface area (TPSA) is 3.88 Å². The molecular formula is C31H36NS+. The van der Waals surface area contributed by atoms with Crippen molar-refractivity contribution >= 4 is 11.3 Å². The molecule has 2 heteroatoms. The minimum Gasteiger partial charge on any atom is -0.153 e. The van der Waals surface area contributed by atoms with Crippen LogP contribution in [0, 0.1) is 0 Å². The molecule has 4 rings (SSSR count). The number of aromatic nitrogens is 1. The van der Waals surface area contributed by atoms with Crippen LogP contribution in [0.1, 0.15) is 75.1 Å². The maximum Gasteiger partial charge on any atom is 0.231 e. The van der Waals surface area contributed by atoms with Crippen LogP contribution in [0.4, 0.5) is 0 Å². The van der Waals surface area contributed by atoms with Gasteiger partial charge in [-0.2, -0.15) is 4.57 Å². The summed E-state index contributed by atoms with van der Waals surface area (Å²) < 4.78 is 2.52. The van der Waals surface area contributed by atoms with E-state index in [9.17, 15) is 0 Å². The number of hydrogen-bond acceptors (Lipinski definition) is 1. The molecule has 0 N–H and O–H groups in total. The van der Waals surface area contributed by atoms with Gasteiger partial charge in [0.1, 0.15) is 0 Å². The van der Waals surface area contributed by atoms with Crippen LogP contribution < -0.4 is 4.57 Å². The fourth-order valence-corrected chi connectivity index (χ4v) is 5.91. The summed E-state index contributed by atoms with van der Waals surface area (Å²) in [5.74, 6) is 0.854. The van der Waals surface area contributed by atoms with Crippen molar-refractivity contribution in [2.45, 2.75) is 66.2 Å². The third kappa shape index (κ3) is 4.42. The molecular weight excluding hydrogens is 418 g/mol. The highest BCUT2D eigenvalue weighted by Crippen LogP contribution is 2.43. The van der Waals surface area contributed by atoms with E-state index in [2.05, 4.69) is 118 Å². The fourth-order valence-electron chi connectivity index (χ4n) is 4.90. The summed E-state index contributed by atoms with van der Waals surface area (Å²) in [6, 6.07) is 24.5. The minimum atomic E-state index is 0.427. The summed E-state index contributed by atoms with van der Waals surface area (Å²) in [6.07, 6.45) is 2.10. The van der Waals surface area contributed by atoms with E-state index >= 15 is 0 Å². The monoisotopic (exact) mass is 454 g/mol. The van der Waals surface area contributed by atoms with Crippen molar-refractivity contribution in [3.63, 3.8) is 0 Å². The number of rotatable bonds is 7. The van der Waals surface area contributed by atoms with Crippen molar-refractivity contribution in [3.8, 4) is 27.9 Å². The van der Waals surface area contributed by atoms with Crippen molar-refractivity contribution in [1.82, 2.24) is 0 Å². The van der Waals surface area contributed by atoms with Crippen molar-refractivity contribution in [2.24, 2.45) is 0 Å². The van der Waals surface area contributed by atoms with Crippen LogP contribution in [0.3, 0.4) is 0 Å². The van der Waals surface area contributed by atoms with E-state index < -0.39 is 0 Å². The number of thiazole rings is 1. The highest BCUT2D eigenvalue weighted by Gasteiger charge is 2.32. The van der Waals surface area contributed by atoms with Gasteiger partial charge in [0, 0.05) is 6.42 Å². The van der Waals surface area contributed by atoms with Gasteiger partial charge in [0.05, 0.1) is 16.0 Å². The van der Waals surface area contributed by atoms with Gasteiger partial charge in [-0.25, -0.2) is 0 Å². The van der Waals surface area contributed by atoms with Crippen LogP contribution in [0.25, 0.3) is 27.9 Å². The van der Waals surface area contributed by atoms with E-state index in [1.165, 1.54) is 49.6 Å². The number of hydrogen-bond donors (Lipinski definition) is 0. The van der Waals surface area contributed by atoms with Gasteiger partial charge in [-0.1, -0.05) is 120 Å². The molecule has 33 heavy (non-hydrogen) atoms. The molecule has 0 aliphatic rings. The molecule has 3 aromatic carbocycles. The first-order valence-electron chi connectivity index (χ1n) is 12.3. The zero-order chi connectivity index (χ0) is 23.5. The summed E-state index contributed by atoms with van der Waals surface area (Å²) >= 11 is 1.89. The Hall–Kier alpha value is -2.71. The first kappa shape index (κ1) is 23.4. The first-order chi connectivity index (χ1) is 16.0. The molecule has 0 amide bonds. The Morgan fingerprint density at radius 2 is 1.18 bits per heavy atom. The van der Waals surface area contributed by atoms with Crippen LogP contribution in [0.5, 0.6) is 0 Å². The van der Waals surface area contributed by atoms with E-state index in [-0.39, 0.29) is 0 Å². The fraction of sp³-hybridized carbons (Fsp3) is 0.323. The van der Waals surface area contributed by atoms with Gasteiger partial charge < -0.3 is 0 Å². The second kappa shape index (κ2) is 10.1. The number of aryl methyl sites for hydroxylation is 1. The van der Waals surface area contributed by atoms with Crippen LogP contribution in [0.2, 0.25) is 0 Å². The normalized spacial score (nSPS) is 11.5. The largest absolute Gasteiger partial charge is 0.231 e. The summed E-state index contributed by atoms with van der Waals surface area (Å²) in [5.41, 5.74) is 13.3. The molecule has 0 atom stereocenters. The SMILES string of the molecule is CCc1sc[n+](-c2c(-c3ccccc3)c(C(C)C)cc(C(C)C)c2-c2ccccc2)c1CC. The zero-order valence-electron chi connectivity index (χ0n) is 20.9. The lowest BCUT2D eigenvalue weighted by molar-refractivity contribution is -0.597. The molecule has 1 aromatic heterocycles. The van der Waals surface area contributed by atoms with E-state index in [1.54, 1.807) is 0 Å². The molecule has 0 spiro atoms. The molecule has 0 aliphatic carbocycles. The van der Waals surface area contributed by atoms with E-state index in [4.69, 9.17) is 0 Å². The summed E-state index contributed by atoms with van der Waals surface area (Å²) in [5, 5.41) is 0. The Balaban J connectivity index is 2.25. The van der Waals surface area contributed by atoms with Gasteiger partial charge in [0.2, 0.25) is 16.9 Å². The molecule has 0 bridgehead atoms. The smallest absolute Gasteiger partial charge is 0.153 e. The summed E-state index contributed by atoms with van der Waals surface area (Å²) in [4.78, 5) is 1.48. The minimum absolute atomic E-state index is 0.427. The lowest BCUT2D eigenvalue weighted by atomic mass is 9.81. The Morgan fingerprint density at radius 1 is 0.697 bits per heavy atom. The van der Waals surface area contributed by atoms with Gasteiger partial charge in [0.25, 0.3) is 0 Å². The molecule has 0 saturated carbocycles. The average Bonchev–Trinajstić information content (AvgIpc) is 3.26. The highest BCUT2D eigenvalue weighted by atomic mass is 32.1. The maximum atomic E-state index is 2.52. The quantitative estimate of drug-likeness (QED) is 0.246. The molecule has 0 aliphatic heterocycles. The van der Waals surface area contributed by atoms with Crippen LogP contribution in [-0.2, 0) is 12.8 Å². The van der Waals surface area contributed by atoms with Gasteiger partial charge in [-0.05, 0) is 40.5 Å². The molecule has 1 nitrogen and oxygen atoms in total. The summed E-state index contributed by atoms with van der Waals surface area (Å²) in [7, 11) is 0. The average molecular weight is 455 g/mol. The lowest BCUT2D eigenvalue weighted by Crippen LogP contribution is -2.35. The second-order valence-electron chi connectivity index (χ2n) is 9.37. The lowest BCUT2D eigenvalue weighted by Gasteiger charge is -2.23. The van der Waals surface area contributed by atoms with Crippen molar-refractivity contribution < 1.29 is 4.57 Å². The first-order valence-corrected chi connectivity index (χ1v) is 13.2. The molecule has 0 fully saturated rings. The third-order valence-electron chi connectivity index (χ3n) is 6.54. The van der Waals surface area contributed by atoms with Gasteiger partial charge in [0.15, 0.2) is 0 Å². The standard InChI is InChI=1S/C31H36NS/c1-7-27-28(8-2)33-20-32(27)31-29(23-15-11-9-12-16-23)25(21(3)4)19-26(22(5)6)30(31)24-17-13-10-14-18-24/h9-22H,7-8H2,1-6H3/q+1. The summed E-state index contributed by atoms with van der Waals surface area (Å²) in [6.45, 7) is 13.9. The van der Waals surface area contributed by atoms with Gasteiger partial charge >= 0.3 is 0 Å². The highest BCUT2D eigenvalue weighted by molar-refractivity contribution is 7.09. The molecule has 1 heterocycles. The third-order valence-corrected chi connectivity index (χ3v) is 7.67. The molecule has 0 saturated heterocycles. The van der Waals surface area contributed by atoms with Crippen molar-refractivity contribution in [2.75, 3.05) is 0 Å². The van der Waals surface area contributed by atoms with Crippen molar-refractivity contribution in [3.05, 3.63) is 93.9 Å². The molecule has 4 aromatic rings. The van der Waals surface area contributed by atoms with E-state index in [0.29, 0.717) is 11.8 Å². The Morgan fingerprint density at radius 3 is 1.58 bits per heavy atom. The Labute approximate surface area is 203 Å². The van der Waals surface area contributed by atoms with E-state index in [1.807, 2.05) is 11.3 Å².